The quantitative estimate of drug-likeness (QED) is 0.0261. The molecule has 0 aromatic heterocycles. The first kappa shape index (κ1) is 70.8. The number of ether oxygens (including phenoxy) is 3. The summed E-state index contributed by atoms with van der Waals surface area (Å²) in [7, 11) is 0. The van der Waals surface area contributed by atoms with Crippen molar-refractivity contribution in [1.29, 1.82) is 0 Å². The van der Waals surface area contributed by atoms with Crippen LogP contribution in [-0.4, -0.2) is 37.2 Å². The summed E-state index contributed by atoms with van der Waals surface area (Å²) in [5.41, 5.74) is 0. The lowest BCUT2D eigenvalue weighted by Gasteiger charge is -2.18. The summed E-state index contributed by atoms with van der Waals surface area (Å²) in [6.45, 7) is 6.37. The van der Waals surface area contributed by atoms with Crippen LogP contribution >= 0.6 is 0 Å². The van der Waals surface area contributed by atoms with E-state index in [9.17, 15) is 14.4 Å². The Kier molecular flexibility index (Phi) is 58.9. The van der Waals surface area contributed by atoms with Crippen molar-refractivity contribution in [2.45, 2.75) is 284 Å². The van der Waals surface area contributed by atoms with Gasteiger partial charge in [-0.1, -0.05) is 251 Å². The SMILES string of the molecule is CC/C=C\C/C=C\C/C=C\C/C=C\CCCCCCC(=O)OCC(COC(=O)CCCCCCCCCCCCC/C=C\C/C=C\CCCCCCC)OC(=O)CCCCCC/C=C\C/C=C\C/C=C\C/C=C\CC. The molecule has 1 unspecified atom stereocenters. The van der Waals surface area contributed by atoms with Crippen molar-refractivity contribution in [3.8, 4) is 0 Å². The van der Waals surface area contributed by atoms with Crippen molar-refractivity contribution >= 4 is 17.9 Å². The van der Waals surface area contributed by atoms with Crippen molar-refractivity contribution < 1.29 is 28.6 Å². The molecule has 0 saturated carbocycles. The zero-order valence-corrected chi connectivity index (χ0v) is 48.8. The van der Waals surface area contributed by atoms with E-state index in [4.69, 9.17) is 14.2 Å². The molecule has 0 saturated heterocycles. The predicted molar refractivity (Wildman–Crippen MR) is 325 cm³/mol. The van der Waals surface area contributed by atoms with Gasteiger partial charge in [0, 0.05) is 19.3 Å². The molecule has 0 aliphatic carbocycles. The molecule has 0 spiro atoms. The Labute approximate surface area is 462 Å². The number of unbranched alkanes of at least 4 members (excludes halogenated alkanes) is 24. The Bertz CT molecular complexity index is 1570. The molecule has 0 aliphatic heterocycles. The van der Waals surface area contributed by atoms with E-state index in [-0.39, 0.29) is 31.1 Å². The second kappa shape index (κ2) is 62.4. The van der Waals surface area contributed by atoms with Crippen molar-refractivity contribution in [2.24, 2.45) is 0 Å². The van der Waals surface area contributed by atoms with E-state index in [0.29, 0.717) is 19.3 Å². The molecular formula is C69H114O6. The molecule has 0 radical (unpaired) electrons. The lowest BCUT2D eigenvalue weighted by molar-refractivity contribution is -0.167. The van der Waals surface area contributed by atoms with Gasteiger partial charge in [0.2, 0.25) is 0 Å². The van der Waals surface area contributed by atoms with Gasteiger partial charge in [-0.3, -0.25) is 14.4 Å². The fourth-order valence-corrected chi connectivity index (χ4v) is 8.34. The summed E-state index contributed by atoms with van der Waals surface area (Å²) in [5, 5.41) is 0. The number of rotatable bonds is 55. The Morgan fingerprint density at radius 1 is 0.280 bits per heavy atom. The summed E-state index contributed by atoms with van der Waals surface area (Å²) in [6.07, 6.45) is 86.2. The van der Waals surface area contributed by atoms with Gasteiger partial charge in [-0.2, -0.15) is 0 Å². The summed E-state index contributed by atoms with van der Waals surface area (Å²) >= 11 is 0. The third-order valence-electron chi connectivity index (χ3n) is 12.9. The second-order valence-electron chi connectivity index (χ2n) is 20.2. The van der Waals surface area contributed by atoms with Gasteiger partial charge < -0.3 is 14.2 Å². The highest BCUT2D eigenvalue weighted by atomic mass is 16.6. The molecule has 6 heteroatoms. The average Bonchev–Trinajstić information content (AvgIpc) is 3.41. The van der Waals surface area contributed by atoms with Crippen molar-refractivity contribution in [3.63, 3.8) is 0 Å². The van der Waals surface area contributed by atoms with Crippen LogP contribution in [0.4, 0.5) is 0 Å². The summed E-state index contributed by atoms with van der Waals surface area (Å²) in [6, 6.07) is 0. The Morgan fingerprint density at radius 2 is 0.520 bits per heavy atom. The van der Waals surface area contributed by atoms with E-state index in [1.807, 2.05) is 0 Å². The van der Waals surface area contributed by atoms with Crippen molar-refractivity contribution in [2.75, 3.05) is 13.2 Å². The van der Waals surface area contributed by atoms with Gasteiger partial charge >= 0.3 is 17.9 Å². The van der Waals surface area contributed by atoms with Crippen LogP contribution in [0.1, 0.15) is 278 Å². The van der Waals surface area contributed by atoms with Crippen LogP contribution in [0.15, 0.2) is 122 Å². The molecule has 6 nitrogen and oxygen atoms in total. The molecule has 1 atom stereocenters. The molecule has 0 aromatic carbocycles. The Morgan fingerprint density at radius 3 is 0.813 bits per heavy atom. The minimum atomic E-state index is -0.807. The zero-order valence-electron chi connectivity index (χ0n) is 48.8. The van der Waals surface area contributed by atoms with Gasteiger partial charge in [0.05, 0.1) is 0 Å². The molecular weight excluding hydrogens is 925 g/mol. The lowest BCUT2D eigenvalue weighted by atomic mass is 10.0. The number of carbonyl (C=O) groups excluding carboxylic acids is 3. The third kappa shape index (κ3) is 60.6. The Hall–Kier alpha value is -4.19. The van der Waals surface area contributed by atoms with Gasteiger partial charge in [-0.25, -0.2) is 0 Å². The van der Waals surface area contributed by atoms with Gasteiger partial charge in [-0.15, -0.1) is 0 Å². The van der Waals surface area contributed by atoms with Crippen LogP contribution in [0.25, 0.3) is 0 Å². The lowest BCUT2D eigenvalue weighted by Crippen LogP contribution is -2.30. The highest BCUT2D eigenvalue weighted by Gasteiger charge is 2.19. The molecule has 0 bridgehead atoms. The topological polar surface area (TPSA) is 78.9 Å². The van der Waals surface area contributed by atoms with Crippen molar-refractivity contribution in [1.82, 2.24) is 0 Å². The van der Waals surface area contributed by atoms with E-state index in [1.165, 1.54) is 96.3 Å². The van der Waals surface area contributed by atoms with Crippen LogP contribution in [0.3, 0.4) is 0 Å². The van der Waals surface area contributed by atoms with E-state index in [2.05, 4.69) is 142 Å². The molecule has 0 amide bonds. The van der Waals surface area contributed by atoms with Crippen LogP contribution in [-0.2, 0) is 28.6 Å². The zero-order chi connectivity index (χ0) is 54.3. The fourth-order valence-electron chi connectivity index (χ4n) is 8.34. The van der Waals surface area contributed by atoms with Gasteiger partial charge in [0.25, 0.3) is 0 Å². The van der Waals surface area contributed by atoms with Crippen LogP contribution in [0.5, 0.6) is 0 Å². The van der Waals surface area contributed by atoms with Crippen LogP contribution in [0, 0.1) is 0 Å². The van der Waals surface area contributed by atoms with E-state index >= 15 is 0 Å². The normalized spacial score (nSPS) is 12.9. The van der Waals surface area contributed by atoms with Gasteiger partial charge in [0.1, 0.15) is 13.2 Å². The third-order valence-corrected chi connectivity index (χ3v) is 12.9. The standard InChI is InChI=1S/C69H114O6/c1-4-7-10-13-16-19-22-25-28-31-32-33-34-35-36-39-41-44-47-50-53-56-59-62-68(71)74-65-66(75-69(72)63-60-57-54-51-48-45-42-38-30-27-24-21-18-15-12-9-6-3)64-73-67(70)61-58-55-52-49-46-43-40-37-29-26-23-20-17-14-11-8-5-2/h8-9,11-12,17-18,20-22,25-27,29-32,40,42-43,45,66H,4-7,10,13-16,19,23-24,28,33-39,41,44,46-65H2,1-3H3/b11-8-,12-9-,20-17-,21-18-,25-22-,29-26-,30-27-,32-31-,43-40-,45-42-. The maximum atomic E-state index is 12.9. The summed E-state index contributed by atoms with van der Waals surface area (Å²) in [5.74, 6) is -0.947. The summed E-state index contributed by atoms with van der Waals surface area (Å²) in [4.78, 5) is 38.3. The van der Waals surface area contributed by atoms with Crippen molar-refractivity contribution in [3.05, 3.63) is 122 Å². The maximum absolute atomic E-state index is 12.9. The van der Waals surface area contributed by atoms with Crippen LogP contribution < -0.4 is 0 Å². The first-order chi connectivity index (χ1) is 37.0. The van der Waals surface area contributed by atoms with E-state index in [0.717, 1.165) is 141 Å². The number of allylic oxidation sites excluding steroid dienone is 20. The number of hydrogen-bond acceptors (Lipinski definition) is 6. The first-order valence-corrected chi connectivity index (χ1v) is 31.0. The minimum Gasteiger partial charge on any atom is -0.462 e. The predicted octanol–water partition coefficient (Wildman–Crippen LogP) is 21.2. The molecule has 0 fully saturated rings. The van der Waals surface area contributed by atoms with E-state index < -0.39 is 6.10 Å². The van der Waals surface area contributed by atoms with Gasteiger partial charge in [-0.05, 0) is 128 Å². The van der Waals surface area contributed by atoms with Crippen LogP contribution in [0.2, 0.25) is 0 Å². The molecule has 0 aromatic rings. The molecule has 0 rings (SSSR count). The Balaban J connectivity index is 4.44. The second-order valence-corrected chi connectivity index (χ2v) is 20.2. The number of hydrogen-bond donors (Lipinski definition) is 0. The average molecular weight is 1040 g/mol. The molecule has 0 aliphatic rings. The van der Waals surface area contributed by atoms with E-state index in [1.54, 1.807) is 0 Å². The maximum Gasteiger partial charge on any atom is 0.306 e. The highest BCUT2D eigenvalue weighted by Crippen LogP contribution is 2.15. The fraction of sp³-hybridized carbons (Fsp3) is 0.667. The first-order valence-electron chi connectivity index (χ1n) is 31.0. The minimum absolute atomic E-state index is 0.0995. The van der Waals surface area contributed by atoms with Gasteiger partial charge in [0.15, 0.2) is 6.10 Å². The summed E-state index contributed by atoms with van der Waals surface area (Å²) < 4.78 is 16.9. The largest absolute Gasteiger partial charge is 0.462 e. The smallest absolute Gasteiger partial charge is 0.306 e. The molecule has 426 valence electrons. The monoisotopic (exact) mass is 1040 g/mol. The number of esters is 3. The molecule has 0 heterocycles. The highest BCUT2D eigenvalue weighted by molar-refractivity contribution is 5.71. The molecule has 75 heavy (non-hydrogen) atoms. The molecule has 0 N–H and O–H groups in total. The number of carbonyl (C=O) groups is 3.